The van der Waals surface area contributed by atoms with Crippen LogP contribution in [0.3, 0.4) is 0 Å². The zero-order valence-corrected chi connectivity index (χ0v) is 36.6. The smallest absolute Gasteiger partial charge is 0.170 e. The highest BCUT2D eigenvalue weighted by Crippen LogP contribution is 2.60. The van der Waals surface area contributed by atoms with Crippen molar-refractivity contribution in [3.63, 3.8) is 0 Å². The second kappa shape index (κ2) is 14.7. The van der Waals surface area contributed by atoms with E-state index >= 15 is 0 Å². The molecule has 0 N–H and O–H groups in total. The largest absolute Gasteiger partial charge is 0.449 e. The Labute approximate surface area is 384 Å². The Bertz CT molecular complexity index is 3460. The van der Waals surface area contributed by atoms with Crippen molar-refractivity contribution in [3.05, 3.63) is 239 Å². The van der Waals surface area contributed by atoms with Crippen LogP contribution in [0, 0.1) is 0 Å². The molecule has 2 heterocycles. The lowest BCUT2D eigenvalue weighted by Crippen LogP contribution is -2.28. The summed E-state index contributed by atoms with van der Waals surface area (Å²) in [6, 6.07) is 66.2. The molecule has 1 aliphatic heterocycles. The van der Waals surface area contributed by atoms with E-state index in [1.54, 1.807) is 0 Å². The van der Waals surface area contributed by atoms with Crippen LogP contribution in [0.2, 0.25) is 0 Å². The normalized spacial score (nSPS) is 15.4. The third-order valence-corrected chi connectivity index (χ3v) is 14.2. The molecule has 0 saturated carbocycles. The summed E-state index contributed by atoms with van der Waals surface area (Å²) in [5.41, 5.74) is 16.7. The van der Waals surface area contributed by atoms with Gasteiger partial charge in [0.2, 0.25) is 0 Å². The van der Waals surface area contributed by atoms with Crippen LogP contribution in [0.1, 0.15) is 60.1 Å². The van der Waals surface area contributed by atoms with E-state index in [-0.39, 0.29) is 5.41 Å². The molecule has 0 spiro atoms. The lowest BCUT2D eigenvalue weighted by atomic mass is 9.67. The van der Waals surface area contributed by atoms with E-state index in [1.165, 1.54) is 44.5 Å². The molecule has 9 aromatic rings. The van der Waals surface area contributed by atoms with Crippen molar-refractivity contribution in [2.75, 3.05) is 0 Å². The number of ether oxygens (including phenoxy) is 2. The van der Waals surface area contributed by atoms with Crippen molar-refractivity contribution in [2.24, 2.45) is 0 Å². The average Bonchev–Trinajstić information content (AvgIpc) is 3.79. The first-order chi connectivity index (χ1) is 32.4. The minimum Gasteiger partial charge on any atom is -0.449 e. The Balaban J connectivity index is 0.913. The summed E-state index contributed by atoms with van der Waals surface area (Å²) in [4.78, 5) is 15.6. The first-order valence-electron chi connectivity index (χ1n) is 22.8. The monoisotopic (exact) mass is 849 g/mol. The molecule has 0 atom stereocenters. The zero-order chi connectivity index (χ0) is 44.0. The van der Waals surface area contributed by atoms with Crippen molar-refractivity contribution in [2.45, 2.75) is 37.5 Å². The minimum absolute atomic E-state index is 0.0765. The van der Waals surface area contributed by atoms with Gasteiger partial charge in [-0.25, -0.2) is 15.0 Å². The molecule has 8 aromatic carbocycles. The molecule has 0 radical (unpaired) electrons. The number of hydrogen-bond acceptors (Lipinski definition) is 5. The zero-order valence-electron chi connectivity index (χ0n) is 36.6. The summed E-state index contributed by atoms with van der Waals surface area (Å²) < 4.78 is 13.7. The Hall–Kier alpha value is -8.15. The van der Waals surface area contributed by atoms with Gasteiger partial charge in [0.05, 0.1) is 5.41 Å². The van der Waals surface area contributed by atoms with Crippen LogP contribution < -0.4 is 9.47 Å². The number of nitrogens with zero attached hydrogens (tertiary/aromatic N) is 3. The molecule has 0 saturated heterocycles. The highest BCUT2D eigenvalue weighted by atomic mass is 16.6. The van der Waals surface area contributed by atoms with Crippen LogP contribution in [0.5, 0.6) is 23.0 Å². The maximum absolute atomic E-state index is 6.94. The molecular weight excluding hydrogens is 807 g/mol. The Morgan fingerprint density at radius 1 is 0.409 bits per heavy atom. The number of hydrogen-bond donors (Lipinski definition) is 0. The van der Waals surface area contributed by atoms with Crippen molar-refractivity contribution >= 4 is 5.57 Å². The van der Waals surface area contributed by atoms with Crippen LogP contribution in [0.4, 0.5) is 0 Å². The molecule has 66 heavy (non-hydrogen) atoms. The molecule has 0 bridgehead atoms. The van der Waals surface area contributed by atoms with E-state index in [0.29, 0.717) is 40.5 Å². The molecule has 13 rings (SSSR count). The first kappa shape index (κ1) is 38.3. The van der Waals surface area contributed by atoms with E-state index in [1.807, 2.05) is 30.3 Å². The van der Waals surface area contributed by atoms with E-state index in [4.69, 9.17) is 24.4 Å². The second-order valence-electron chi connectivity index (χ2n) is 18.2. The van der Waals surface area contributed by atoms with Gasteiger partial charge in [0.15, 0.2) is 40.5 Å². The molecule has 5 nitrogen and oxygen atoms in total. The van der Waals surface area contributed by atoms with Crippen molar-refractivity contribution in [3.8, 4) is 79.4 Å². The predicted octanol–water partition coefficient (Wildman–Crippen LogP) is 15.2. The van der Waals surface area contributed by atoms with Crippen LogP contribution in [0.15, 0.2) is 206 Å². The van der Waals surface area contributed by atoms with E-state index in [0.717, 1.165) is 51.8 Å². The molecule has 0 unspecified atom stereocenters. The van der Waals surface area contributed by atoms with Gasteiger partial charge >= 0.3 is 0 Å². The predicted molar refractivity (Wildman–Crippen MR) is 264 cm³/mol. The van der Waals surface area contributed by atoms with Gasteiger partial charge in [0.1, 0.15) is 0 Å². The summed E-state index contributed by atoms with van der Waals surface area (Å²) in [5, 5.41) is 0. The molecule has 5 heteroatoms. The molecule has 4 aliphatic rings. The number of rotatable bonds is 6. The number of aromatic nitrogens is 3. The number of allylic oxidation sites excluding steroid dienone is 4. The summed E-state index contributed by atoms with van der Waals surface area (Å²) >= 11 is 0. The van der Waals surface area contributed by atoms with Gasteiger partial charge in [-0.15, -0.1) is 0 Å². The Morgan fingerprint density at radius 2 is 1.00 bits per heavy atom. The Kier molecular flexibility index (Phi) is 8.53. The SMILES string of the molecule is CC1(C)C2=C(C=CCC2)c2ccc(-c3nc(-c4ccccc4)nc(-c4ccccc4-c4ccc5c(c4)Oc4cc6c(cc4O5)-c4ccccc4C6(c4ccccc4)c4ccccc4)n3)cc21. The fourth-order valence-corrected chi connectivity index (χ4v) is 11.1. The lowest BCUT2D eigenvalue weighted by Gasteiger charge is -2.34. The number of fused-ring (bicyclic) bond motifs is 7. The van der Waals surface area contributed by atoms with E-state index < -0.39 is 5.41 Å². The van der Waals surface area contributed by atoms with Crippen LogP contribution >= 0.6 is 0 Å². The third kappa shape index (κ3) is 5.76. The third-order valence-electron chi connectivity index (χ3n) is 14.2. The minimum atomic E-state index is -0.556. The molecule has 3 aliphatic carbocycles. The summed E-state index contributed by atoms with van der Waals surface area (Å²) in [6.45, 7) is 4.70. The van der Waals surface area contributed by atoms with Gasteiger partial charge in [-0.3, -0.25) is 0 Å². The van der Waals surface area contributed by atoms with E-state index in [2.05, 4.69) is 184 Å². The molecule has 0 amide bonds. The number of benzene rings is 8. The van der Waals surface area contributed by atoms with Crippen LogP contribution in [-0.4, -0.2) is 15.0 Å². The molecule has 314 valence electrons. The van der Waals surface area contributed by atoms with Gasteiger partial charge in [-0.05, 0) is 104 Å². The second-order valence-corrected chi connectivity index (χ2v) is 18.2. The van der Waals surface area contributed by atoms with Crippen LogP contribution in [-0.2, 0) is 10.8 Å². The summed E-state index contributed by atoms with van der Waals surface area (Å²) in [5.74, 6) is 4.54. The average molecular weight is 850 g/mol. The molecule has 0 fully saturated rings. The molecule has 1 aromatic heterocycles. The first-order valence-corrected chi connectivity index (χ1v) is 22.8. The maximum atomic E-state index is 6.94. The summed E-state index contributed by atoms with van der Waals surface area (Å²) in [6.07, 6.45) is 6.77. The van der Waals surface area contributed by atoms with Crippen molar-refractivity contribution in [1.29, 1.82) is 0 Å². The van der Waals surface area contributed by atoms with Gasteiger partial charge < -0.3 is 9.47 Å². The van der Waals surface area contributed by atoms with E-state index in [9.17, 15) is 0 Å². The fraction of sp³-hybridized carbons (Fsp3) is 0.0984. The van der Waals surface area contributed by atoms with Gasteiger partial charge in [-0.1, -0.05) is 189 Å². The highest BCUT2D eigenvalue weighted by molar-refractivity contribution is 5.90. The lowest BCUT2D eigenvalue weighted by molar-refractivity contribution is 0.359. The van der Waals surface area contributed by atoms with Crippen molar-refractivity contribution in [1.82, 2.24) is 15.0 Å². The summed E-state index contributed by atoms with van der Waals surface area (Å²) in [7, 11) is 0. The van der Waals surface area contributed by atoms with Gasteiger partial charge in [0, 0.05) is 22.1 Å². The quantitative estimate of drug-likeness (QED) is 0.167. The van der Waals surface area contributed by atoms with Gasteiger partial charge in [-0.2, -0.15) is 0 Å². The Morgan fingerprint density at radius 3 is 1.76 bits per heavy atom. The molecular formula is C61H43N3O2. The highest BCUT2D eigenvalue weighted by Gasteiger charge is 2.47. The maximum Gasteiger partial charge on any atom is 0.170 e. The van der Waals surface area contributed by atoms with Crippen LogP contribution in [0.25, 0.3) is 62.0 Å². The van der Waals surface area contributed by atoms with Crippen molar-refractivity contribution < 1.29 is 9.47 Å². The standard InChI is InChI=1S/C61H43N3O2/c1-60(2)49-28-16-14-25-44(49)46-32-30-40(34-51(46)60)58-62-57(38-18-6-3-7-19-38)63-59(64-58)47-27-13-12-24-43(47)39-31-33-53-54(35-39)66-56-37-52-48(36-55(56)65-53)45-26-15-17-29-50(45)61(52,41-20-8-4-9-21-41)42-22-10-5-11-23-42/h3-15,17-27,29-37H,16,28H2,1-2H3. The van der Waals surface area contributed by atoms with Gasteiger partial charge in [0.25, 0.3) is 0 Å². The fourth-order valence-electron chi connectivity index (χ4n) is 11.1. The topological polar surface area (TPSA) is 57.1 Å².